The molecule has 0 radical (unpaired) electrons. The zero-order valence-electron chi connectivity index (χ0n) is 16.7. The Bertz CT molecular complexity index is 1330. The van der Waals surface area contributed by atoms with Crippen molar-refractivity contribution in [3.8, 4) is 17.0 Å². The first kappa shape index (κ1) is 19.3. The number of fused-ring (bicyclic) bond motifs is 1. The summed E-state index contributed by atoms with van der Waals surface area (Å²) in [5, 5.41) is 5.41. The topological polar surface area (TPSA) is 65.7 Å². The summed E-state index contributed by atoms with van der Waals surface area (Å²) in [6.45, 7) is 0.520. The summed E-state index contributed by atoms with van der Waals surface area (Å²) in [5.74, 6) is 0.267. The number of rotatable bonds is 5. The van der Waals surface area contributed by atoms with Crippen LogP contribution >= 0.6 is 11.6 Å². The van der Waals surface area contributed by atoms with E-state index >= 15 is 0 Å². The molecule has 1 aliphatic heterocycles. The Kier molecular flexibility index (Phi) is 4.92. The first-order valence-corrected chi connectivity index (χ1v) is 10.2. The minimum atomic E-state index is -0.367. The molecular weight excluding hydrogens is 414 g/mol. The predicted molar refractivity (Wildman–Crippen MR) is 120 cm³/mol. The highest BCUT2D eigenvalue weighted by Crippen LogP contribution is 2.35. The summed E-state index contributed by atoms with van der Waals surface area (Å²) in [7, 11) is 1.61. The quantitative estimate of drug-likeness (QED) is 0.414. The summed E-state index contributed by atoms with van der Waals surface area (Å²) in [5.41, 5.74) is 5.13. The first-order valence-electron chi connectivity index (χ1n) is 9.77. The van der Waals surface area contributed by atoms with Gasteiger partial charge in [0.05, 0.1) is 42.0 Å². The lowest BCUT2D eigenvalue weighted by molar-refractivity contribution is -0.140. The number of hydrogen-bond acceptors (Lipinski definition) is 5. The lowest BCUT2D eigenvalue weighted by Crippen LogP contribution is -2.08. The summed E-state index contributed by atoms with van der Waals surface area (Å²) in [6, 6.07) is 21.8. The van der Waals surface area contributed by atoms with Crippen molar-refractivity contribution in [2.45, 2.75) is 13.0 Å². The van der Waals surface area contributed by atoms with Crippen LogP contribution in [0.25, 0.3) is 22.2 Å². The van der Waals surface area contributed by atoms with Gasteiger partial charge in [-0.15, -0.1) is 0 Å². The fourth-order valence-electron chi connectivity index (χ4n) is 3.77. The molecule has 5 rings (SSSR count). The SMILES string of the molecule is COc1cc2cc(-c3ccccc3)n(Cc3cccc(C4=NOC(=O)C4)n3)c2cc1Cl. The fourth-order valence-corrected chi connectivity index (χ4v) is 4.01. The van der Waals surface area contributed by atoms with Crippen molar-refractivity contribution in [1.29, 1.82) is 0 Å². The van der Waals surface area contributed by atoms with E-state index in [2.05, 4.69) is 27.9 Å². The molecule has 2 aromatic heterocycles. The number of carbonyl (C=O) groups excluding carboxylic acids is 1. The summed E-state index contributed by atoms with van der Waals surface area (Å²) in [4.78, 5) is 20.8. The van der Waals surface area contributed by atoms with Crippen LogP contribution < -0.4 is 4.74 Å². The van der Waals surface area contributed by atoms with E-state index in [1.54, 1.807) is 7.11 Å². The van der Waals surface area contributed by atoms with Crippen LogP contribution in [-0.4, -0.2) is 28.3 Å². The van der Waals surface area contributed by atoms with Crippen molar-refractivity contribution in [3.63, 3.8) is 0 Å². The van der Waals surface area contributed by atoms with Gasteiger partial charge in [-0.1, -0.05) is 53.2 Å². The molecular formula is C24H18ClN3O3. The summed E-state index contributed by atoms with van der Waals surface area (Å²) < 4.78 is 7.58. The Morgan fingerprint density at radius 1 is 1.10 bits per heavy atom. The van der Waals surface area contributed by atoms with Gasteiger partial charge in [0.25, 0.3) is 0 Å². The highest BCUT2D eigenvalue weighted by molar-refractivity contribution is 6.32. The molecule has 0 saturated heterocycles. The molecule has 0 bridgehead atoms. The molecule has 31 heavy (non-hydrogen) atoms. The molecule has 0 spiro atoms. The lowest BCUT2D eigenvalue weighted by Gasteiger charge is -2.12. The Morgan fingerprint density at radius 2 is 1.94 bits per heavy atom. The van der Waals surface area contributed by atoms with E-state index in [4.69, 9.17) is 26.2 Å². The van der Waals surface area contributed by atoms with E-state index in [-0.39, 0.29) is 12.4 Å². The maximum Gasteiger partial charge on any atom is 0.341 e. The van der Waals surface area contributed by atoms with E-state index < -0.39 is 0 Å². The van der Waals surface area contributed by atoms with E-state index in [1.807, 2.05) is 48.5 Å². The molecule has 3 heterocycles. The van der Waals surface area contributed by atoms with Crippen LogP contribution in [-0.2, 0) is 16.2 Å². The Balaban J connectivity index is 1.62. The van der Waals surface area contributed by atoms with Gasteiger partial charge in [0.2, 0.25) is 0 Å². The second-order valence-electron chi connectivity index (χ2n) is 7.22. The molecule has 0 unspecified atom stereocenters. The van der Waals surface area contributed by atoms with Gasteiger partial charge < -0.3 is 14.1 Å². The Morgan fingerprint density at radius 3 is 2.68 bits per heavy atom. The molecule has 0 saturated carbocycles. The van der Waals surface area contributed by atoms with Crippen LogP contribution in [0.3, 0.4) is 0 Å². The van der Waals surface area contributed by atoms with Gasteiger partial charge in [0, 0.05) is 11.1 Å². The van der Waals surface area contributed by atoms with Gasteiger partial charge in [-0.3, -0.25) is 0 Å². The molecule has 0 atom stereocenters. The summed E-state index contributed by atoms with van der Waals surface area (Å²) in [6.07, 6.45) is 0.133. The van der Waals surface area contributed by atoms with Crippen molar-refractivity contribution in [2.24, 2.45) is 5.16 Å². The van der Waals surface area contributed by atoms with Crippen LogP contribution in [0.1, 0.15) is 17.8 Å². The third kappa shape index (κ3) is 3.66. The number of oxime groups is 1. The smallest absolute Gasteiger partial charge is 0.341 e. The summed E-state index contributed by atoms with van der Waals surface area (Å²) >= 11 is 6.44. The average Bonchev–Trinajstić information content (AvgIpc) is 3.38. The minimum Gasteiger partial charge on any atom is -0.495 e. The highest BCUT2D eigenvalue weighted by atomic mass is 35.5. The number of hydrogen-bond donors (Lipinski definition) is 0. The third-order valence-corrected chi connectivity index (χ3v) is 5.53. The van der Waals surface area contributed by atoms with E-state index in [1.165, 1.54) is 0 Å². The molecule has 1 aliphatic rings. The van der Waals surface area contributed by atoms with Crippen LogP contribution in [0, 0.1) is 0 Å². The highest BCUT2D eigenvalue weighted by Gasteiger charge is 2.21. The molecule has 2 aromatic carbocycles. The van der Waals surface area contributed by atoms with Gasteiger partial charge in [0.15, 0.2) is 0 Å². The molecule has 0 fully saturated rings. The molecule has 0 N–H and O–H groups in total. The number of methoxy groups -OCH3 is 1. The molecule has 7 heteroatoms. The normalized spacial score (nSPS) is 13.4. The van der Waals surface area contributed by atoms with Crippen LogP contribution in [0.2, 0.25) is 5.02 Å². The maximum absolute atomic E-state index is 11.4. The van der Waals surface area contributed by atoms with Crippen LogP contribution in [0.5, 0.6) is 5.75 Å². The third-order valence-electron chi connectivity index (χ3n) is 5.24. The molecule has 0 aliphatic carbocycles. The number of benzene rings is 2. The van der Waals surface area contributed by atoms with Crippen molar-refractivity contribution in [1.82, 2.24) is 9.55 Å². The zero-order valence-corrected chi connectivity index (χ0v) is 17.5. The molecule has 154 valence electrons. The van der Waals surface area contributed by atoms with E-state index in [0.717, 1.165) is 27.9 Å². The lowest BCUT2D eigenvalue weighted by atomic mass is 10.1. The van der Waals surface area contributed by atoms with Gasteiger partial charge in [0.1, 0.15) is 11.5 Å². The van der Waals surface area contributed by atoms with Crippen molar-refractivity contribution < 1.29 is 14.4 Å². The van der Waals surface area contributed by atoms with Crippen molar-refractivity contribution >= 4 is 34.2 Å². The second-order valence-corrected chi connectivity index (χ2v) is 7.63. The minimum absolute atomic E-state index is 0.133. The Labute approximate surface area is 183 Å². The van der Waals surface area contributed by atoms with E-state index in [9.17, 15) is 4.79 Å². The number of carbonyl (C=O) groups is 1. The predicted octanol–water partition coefficient (Wildman–Crippen LogP) is 5.06. The fraction of sp³-hybridized carbons (Fsp3) is 0.125. The Hall–Kier alpha value is -3.64. The standard InChI is InChI=1S/C24H18ClN3O3/c1-30-23-11-16-10-21(15-6-3-2-4-7-15)28(22(16)12-18(23)25)14-17-8-5-9-19(26-17)20-13-24(29)31-27-20/h2-12H,13-14H2,1H3. The van der Waals surface area contributed by atoms with Gasteiger partial charge >= 0.3 is 5.97 Å². The van der Waals surface area contributed by atoms with Crippen LogP contribution in [0.15, 0.2) is 71.9 Å². The molecule has 4 aromatic rings. The number of pyridine rings is 1. The van der Waals surface area contributed by atoms with Crippen molar-refractivity contribution in [3.05, 3.63) is 83.1 Å². The number of halogens is 1. The first-order chi connectivity index (χ1) is 15.1. The van der Waals surface area contributed by atoms with Gasteiger partial charge in [-0.2, -0.15) is 0 Å². The van der Waals surface area contributed by atoms with Crippen LogP contribution in [0.4, 0.5) is 0 Å². The number of nitrogens with zero attached hydrogens (tertiary/aromatic N) is 3. The molecule has 0 amide bonds. The van der Waals surface area contributed by atoms with Crippen molar-refractivity contribution in [2.75, 3.05) is 7.11 Å². The molecule has 6 nitrogen and oxygen atoms in total. The zero-order chi connectivity index (χ0) is 21.4. The number of ether oxygens (including phenoxy) is 1. The maximum atomic E-state index is 11.4. The van der Waals surface area contributed by atoms with Gasteiger partial charge in [-0.25, -0.2) is 9.78 Å². The van der Waals surface area contributed by atoms with E-state index in [0.29, 0.717) is 28.7 Å². The average molecular weight is 432 g/mol. The monoisotopic (exact) mass is 431 g/mol. The van der Waals surface area contributed by atoms with Gasteiger partial charge in [-0.05, 0) is 35.9 Å². The number of aromatic nitrogens is 2. The largest absolute Gasteiger partial charge is 0.495 e. The second kappa shape index (κ2) is 7.89.